The number of hydrogen-bond donors (Lipinski definition) is 1. The number of rotatable bonds is 7. The molecular weight excluding hydrogens is 410 g/mol. The lowest BCUT2D eigenvalue weighted by atomic mass is 10.2. The number of nitrogens with one attached hydrogen (secondary N) is 1. The molecule has 0 bridgehead atoms. The van der Waals surface area contributed by atoms with Crippen LogP contribution in [-0.2, 0) is 11.3 Å². The summed E-state index contributed by atoms with van der Waals surface area (Å²) in [5, 5.41) is 5.57. The molecule has 1 aliphatic rings. The Hall–Kier alpha value is -2.90. The number of anilines is 1. The number of benzene rings is 2. The minimum absolute atomic E-state index is 0.136. The number of aromatic nitrogens is 1. The maximum Gasteiger partial charge on any atom is 0.271 e. The van der Waals surface area contributed by atoms with Crippen LogP contribution in [0.25, 0.3) is 10.6 Å². The first-order valence-corrected chi connectivity index (χ1v) is 11.4. The van der Waals surface area contributed by atoms with Crippen LogP contribution in [0.2, 0.25) is 0 Å². The lowest BCUT2D eigenvalue weighted by Crippen LogP contribution is -2.36. The van der Waals surface area contributed by atoms with Gasteiger partial charge in [-0.1, -0.05) is 12.1 Å². The molecular formula is C24H27N3O3S. The predicted octanol–water partition coefficient (Wildman–Crippen LogP) is 4.36. The Morgan fingerprint density at radius 3 is 2.52 bits per heavy atom. The number of nitrogens with zero attached hydrogens (tertiary/aromatic N) is 2. The van der Waals surface area contributed by atoms with Crippen molar-refractivity contribution < 1.29 is 14.3 Å². The summed E-state index contributed by atoms with van der Waals surface area (Å²) in [5.74, 6) is 0.660. The highest BCUT2D eigenvalue weighted by Crippen LogP contribution is 2.26. The van der Waals surface area contributed by atoms with Crippen molar-refractivity contribution in [2.75, 3.05) is 31.2 Å². The van der Waals surface area contributed by atoms with E-state index >= 15 is 0 Å². The second-order valence-electron chi connectivity index (χ2n) is 7.68. The first kappa shape index (κ1) is 21.3. The van der Waals surface area contributed by atoms with Crippen molar-refractivity contribution in [3.8, 4) is 16.3 Å². The molecule has 4 rings (SSSR count). The van der Waals surface area contributed by atoms with Gasteiger partial charge in [-0.15, -0.1) is 11.3 Å². The van der Waals surface area contributed by atoms with Crippen LogP contribution in [-0.4, -0.2) is 43.3 Å². The molecule has 1 aliphatic heterocycles. The van der Waals surface area contributed by atoms with Gasteiger partial charge in [0.2, 0.25) is 0 Å². The highest BCUT2D eigenvalue weighted by Gasteiger charge is 2.13. The van der Waals surface area contributed by atoms with E-state index in [0.717, 1.165) is 48.2 Å². The molecule has 2 heterocycles. The van der Waals surface area contributed by atoms with Gasteiger partial charge < -0.3 is 19.7 Å². The minimum atomic E-state index is -0.167. The van der Waals surface area contributed by atoms with E-state index in [0.29, 0.717) is 12.2 Å². The number of morpholine rings is 1. The van der Waals surface area contributed by atoms with Gasteiger partial charge in [-0.25, -0.2) is 4.98 Å². The molecule has 0 aliphatic carbocycles. The first-order chi connectivity index (χ1) is 15.1. The number of hydrogen-bond acceptors (Lipinski definition) is 6. The smallest absolute Gasteiger partial charge is 0.271 e. The second-order valence-corrected chi connectivity index (χ2v) is 8.54. The highest BCUT2D eigenvalue weighted by molar-refractivity contribution is 7.13. The minimum Gasteiger partial charge on any atom is -0.491 e. The lowest BCUT2D eigenvalue weighted by molar-refractivity contribution is 0.0946. The fourth-order valence-corrected chi connectivity index (χ4v) is 4.18. The molecule has 0 unspecified atom stereocenters. The number of amides is 1. The van der Waals surface area contributed by atoms with E-state index in [-0.39, 0.29) is 12.0 Å². The molecule has 1 N–H and O–H groups in total. The summed E-state index contributed by atoms with van der Waals surface area (Å²) >= 11 is 1.46. The zero-order valence-corrected chi connectivity index (χ0v) is 18.7. The zero-order chi connectivity index (χ0) is 21.6. The standard InChI is InChI=1S/C24H27N3O3S/c1-17(2)30-21-9-5-19(6-10-21)24-26-22(16-31-24)23(28)25-15-18-3-7-20(8-4-18)27-11-13-29-14-12-27/h3-10,16-17H,11-15H2,1-2H3,(H,25,28). The Morgan fingerprint density at radius 2 is 1.84 bits per heavy atom. The number of carbonyl (C=O) groups excluding carboxylic acids is 1. The van der Waals surface area contributed by atoms with Crippen LogP contribution in [0.5, 0.6) is 5.75 Å². The fraction of sp³-hybridized carbons (Fsp3) is 0.333. The topological polar surface area (TPSA) is 63.7 Å². The molecule has 6 nitrogen and oxygen atoms in total. The van der Waals surface area contributed by atoms with Gasteiger partial charge in [-0.2, -0.15) is 0 Å². The molecule has 31 heavy (non-hydrogen) atoms. The van der Waals surface area contributed by atoms with E-state index in [9.17, 15) is 4.79 Å². The third kappa shape index (κ3) is 5.62. The average molecular weight is 438 g/mol. The fourth-order valence-electron chi connectivity index (χ4n) is 3.38. The Labute approximate surface area is 186 Å². The van der Waals surface area contributed by atoms with Crippen LogP contribution in [0, 0.1) is 0 Å². The van der Waals surface area contributed by atoms with Gasteiger partial charge in [-0.05, 0) is 55.8 Å². The molecule has 2 aromatic carbocycles. The van der Waals surface area contributed by atoms with Crippen molar-refractivity contribution in [3.05, 3.63) is 65.2 Å². The molecule has 0 radical (unpaired) electrons. The van der Waals surface area contributed by atoms with Gasteiger partial charge >= 0.3 is 0 Å². The molecule has 1 saturated heterocycles. The monoisotopic (exact) mass is 437 g/mol. The summed E-state index contributed by atoms with van der Waals surface area (Å²) in [6.45, 7) is 7.82. The van der Waals surface area contributed by atoms with E-state index in [4.69, 9.17) is 9.47 Å². The van der Waals surface area contributed by atoms with Crippen LogP contribution in [0.15, 0.2) is 53.9 Å². The van der Waals surface area contributed by atoms with Crippen molar-refractivity contribution in [2.24, 2.45) is 0 Å². The molecule has 0 spiro atoms. The maximum atomic E-state index is 12.5. The molecule has 1 amide bonds. The third-order valence-corrected chi connectivity index (χ3v) is 5.87. The summed E-state index contributed by atoms with van der Waals surface area (Å²) in [7, 11) is 0. The predicted molar refractivity (Wildman–Crippen MR) is 124 cm³/mol. The molecule has 0 atom stereocenters. The highest BCUT2D eigenvalue weighted by atomic mass is 32.1. The van der Waals surface area contributed by atoms with Gasteiger partial charge in [0, 0.05) is 36.3 Å². The molecule has 1 aromatic heterocycles. The number of carbonyl (C=O) groups is 1. The molecule has 1 fully saturated rings. The Bertz CT molecular complexity index is 994. The molecule has 7 heteroatoms. The quantitative estimate of drug-likeness (QED) is 0.595. The van der Waals surface area contributed by atoms with Crippen molar-refractivity contribution in [2.45, 2.75) is 26.5 Å². The first-order valence-electron chi connectivity index (χ1n) is 10.5. The van der Waals surface area contributed by atoms with E-state index in [2.05, 4.69) is 39.5 Å². The van der Waals surface area contributed by atoms with Gasteiger partial charge in [0.25, 0.3) is 5.91 Å². The van der Waals surface area contributed by atoms with Crippen LogP contribution in [0.3, 0.4) is 0 Å². The summed E-state index contributed by atoms with van der Waals surface area (Å²) < 4.78 is 11.1. The van der Waals surface area contributed by atoms with E-state index in [1.165, 1.54) is 17.0 Å². The second kappa shape index (κ2) is 9.94. The van der Waals surface area contributed by atoms with Gasteiger partial charge in [-0.3, -0.25) is 4.79 Å². The number of thiazole rings is 1. The van der Waals surface area contributed by atoms with E-state index in [1.807, 2.05) is 38.1 Å². The summed E-state index contributed by atoms with van der Waals surface area (Å²) in [6, 6.07) is 16.1. The average Bonchev–Trinajstić information content (AvgIpc) is 3.29. The summed E-state index contributed by atoms with van der Waals surface area (Å²) in [5.41, 5.74) is 3.65. The van der Waals surface area contributed by atoms with Crippen LogP contribution in [0.4, 0.5) is 5.69 Å². The zero-order valence-electron chi connectivity index (χ0n) is 17.8. The van der Waals surface area contributed by atoms with Crippen molar-refractivity contribution in [1.29, 1.82) is 0 Å². The molecule has 3 aromatic rings. The van der Waals surface area contributed by atoms with E-state index < -0.39 is 0 Å². The maximum absolute atomic E-state index is 12.5. The van der Waals surface area contributed by atoms with Crippen LogP contribution in [0.1, 0.15) is 29.9 Å². The Balaban J connectivity index is 1.32. The third-order valence-electron chi connectivity index (χ3n) is 4.98. The van der Waals surface area contributed by atoms with Gasteiger partial charge in [0.1, 0.15) is 16.5 Å². The Kier molecular flexibility index (Phi) is 6.84. The van der Waals surface area contributed by atoms with Crippen LogP contribution >= 0.6 is 11.3 Å². The Morgan fingerprint density at radius 1 is 1.13 bits per heavy atom. The lowest BCUT2D eigenvalue weighted by Gasteiger charge is -2.28. The van der Waals surface area contributed by atoms with E-state index in [1.54, 1.807) is 5.38 Å². The van der Waals surface area contributed by atoms with Gasteiger partial charge in [0.15, 0.2) is 0 Å². The van der Waals surface area contributed by atoms with Crippen LogP contribution < -0.4 is 15.0 Å². The van der Waals surface area contributed by atoms with Crippen molar-refractivity contribution >= 4 is 22.9 Å². The number of ether oxygens (including phenoxy) is 2. The molecule has 0 saturated carbocycles. The van der Waals surface area contributed by atoms with Gasteiger partial charge in [0.05, 0.1) is 19.3 Å². The summed E-state index contributed by atoms with van der Waals surface area (Å²) in [4.78, 5) is 19.4. The summed E-state index contributed by atoms with van der Waals surface area (Å²) in [6.07, 6.45) is 0.136. The SMILES string of the molecule is CC(C)Oc1ccc(-c2nc(C(=O)NCc3ccc(N4CCOCC4)cc3)cs2)cc1. The van der Waals surface area contributed by atoms with Crippen molar-refractivity contribution in [3.63, 3.8) is 0 Å². The van der Waals surface area contributed by atoms with Crippen molar-refractivity contribution in [1.82, 2.24) is 10.3 Å². The largest absolute Gasteiger partial charge is 0.491 e. The normalized spacial score (nSPS) is 14.0. The molecule has 162 valence electrons.